The summed E-state index contributed by atoms with van der Waals surface area (Å²) in [6, 6.07) is 12.6. The van der Waals surface area contributed by atoms with Crippen molar-refractivity contribution in [3.63, 3.8) is 0 Å². The Morgan fingerprint density at radius 3 is 2.59 bits per heavy atom. The van der Waals surface area contributed by atoms with Gasteiger partial charge in [-0.15, -0.1) is 0 Å². The SMILES string of the molecule is C[C@]12C[C@H](c3ccc(OCCN4CCCCC4)cc3)[C@@H]3c4ccc(O)c(Cl)c4CC[C@H]3[C@@H]1CCC2=NO. The molecule has 1 saturated heterocycles. The lowest BCUT2D eigenvalue weighted by Crippen LogP contribution is -2.46. The predicted octanol–water partition coefficient (Wildman–Crippen LogP) is 6.99. The van der Waals surface area contributed by atoms with Crippen molar-refractivity contribution in [3.8, 4) is 11.5 Å². The van der Waals surface area contributed by atoms with Crippen LogP contribution in [-0.2, 0) is 6.42 Å². The Hall–Kier alpha value is -2.24. The maximum Gasteiger partial charge on any atom is 0.134 e. The maximum atomic E-state index is 10.3. The number of oxime groups is 1. The number of phenols is 1. The summed E-state index contributed by atoms with van der Waals surface area (Å²) < 4.78 is 6.13. The second-order valence-corrected chi connectivity index (χ2v) is 12.3. The van der Waals surface area contributed by atoms with Gasteiger partial charge in [0.1, 0.15) is 18.1 Å². The first kappa shape index (κ1) is 25.1. The third-order valence-corrected chi connectivity index (χ3v) is 10.5. The quantitative estimate of drug-likeness (QED) is 0.328. The van der Waals surface area contributed by atoms with E-state index in [4.69, 9.17) is 16.3 Å². The van der Waals surface area contributed by atoms with Crippen LogP contribution in [0, 0.1) is 17.3 Å². The first-order chi connectivity index (χ1) is 18.0. The normalized spacial score (nSPS) is 32.5. The molecule has 0 spiro atoms. The van der Waals surface area contributed by atoms with E-state index in [-0.39, 0.29) is 17.1 Å². The van der Waals surface area contributed by atoms with Crippen molar-refractivity contribution in [3.05, 3.63) is 58.1 Å². The largest absolute Gasteiger partial charge is 0.506 e. The summed E-state index contributed by atoms with van der Waals surface area (Å²) in [6.07, 6.45) is 8.79. The highest BCUT2D eigenvalue weighted by Crippen LogP contribution is 2.64. The third kappa shape index (κ3) is 4.42. The van der Waals surface area contributed by atoms with Crippen molar-refractivity contribution in [1.82, 2.24) is 4.90 Å². The monoisotopic (exact) mass is 522 g/mol. The number of ether oxygens (including phenoxy) is 1. The summed E-state index contributed by atoms with van der Waals surface area (Å²) in [5, 5.41) is 24.5. The third-order valence-electron chi connectivity index (χ3n) is 10.1. The van der Waals surface area contributed by atoms with Gasteiger partial charge in [0.2, 0.25) is 0 Å². The molecule has 1 aliphatic heterocycles. The van der Waals surface area contributed by atoms with Crippen LogP contribution in [0.25, 0.3) is 0 Å². The molecular weight excluding hydrogens is 484 g/mol. The number of piperidine rings is 1. The molecule has 0 amide bonds. The van der Waals surface area contributed by atoms with E-state index in [0.717, 1.165) is 62.3 Å². The molecular formula is C31H39ClN2O3. The minimum atomic E-state index is -0.0948. The first-order valence-corrected chi connectivity index (χ1v) is 14.5. The Bertz CT molecular complexity index is 1160. The lowest BCUT2D eigenvalue weighted by Gasteiger charge is -2.53. The summed E-state index contributed by atoms with van der Waals surface area (Å²) in [6.45, 7) is 6.41. The molecule has 6 heteroatoms. The Kier molecular flexibility index (Phi) is 6.87. The summed E-state index contributed by atoms with van der Waals surface area (Å²) in [5.41, 5.74) is 4.58. The van der Waals surface area contributed by atoms with E-state index in [0.29, 0.717) is 22.8 Å². The van der Waals surface area contributed by atoms with Crippen molar-refractivity contribution >= 4 is 17.3 Å². The Morgan fingerprint density at radius 2 is 1.84 bits per heavy atom. The highest BCUT2D eigenvalue weighted by atomic mass is 35.5. The van der Waals surface area contributed by atoms with Crippen molar-refractivity contribution in [1.29, 1.82) is 0 Å². The molecule has 2 N–H and O–H groups in total. The zero-order chi connectivity index (χ0) is 25.6. The number of halogens is 1. The number of rotatable bonds is 5. The number of benzene rings is 2. The molecule has 3 fully saturated rings. The summed E-state index contributed by atoms with van der Waals surface area (Å²) in [5.74, 6) is 2.71. The molecule has 2 aromatic carbocycles. The fourth-order valence-corrected chi connectivity index (χ4v) is 8.57. The van der Waals surface area contributed by atoms with Crippen LogP contribution in [-0.4, -0.2) is 47.2 Å². The van der Waals surface area contributed by atoms with Gasteiger partial charge in [-0.3, -0.25) is 4.90 Å². The summed E-state index contributed by atoms with van der Waals surface area (Å²) in [4.78, 5) is 2.50. The molecule has 1 heterocycles. The Morgan fingerprint density at radius 1 is 1.05 bits per heavy atom. The fourth-order valence-electron chi connectivity index (χ4n) is 8.30. The zero-order valence-electron chi connectivity index (χ0n) is 21.8. The molecule has 0 unspecified atom stereocenters. The minimum absolute atomic E-state index is 0.0948. The number of phenolic OH excluding ortho intramolecular Hbond substituents is 1. The van der Waals surface area contributed by atoms with Crippen molar-refractivity contribution in [2.75, 3.05) is 26.2 Å². The smallest absolute Gasteiger partial charge is 0.134 e. The van der Waals surface area contributed by atoms with Crippen LogP contribution in [0.4, 0.5) is 0 Å². The Labute approximate surface area is 225 Å². The van der Waals surface area contributed by atoms with Crippen LogP contribution in [0.3, 0.4) is 0 Å². The zero-order valence-corrected chi connectivity index (χ0v) is 22.6. The van der Waals surface area contributed by atoms with E-state index in [1.807, 2.05) is 0 Å². The molecule has 2 saturated carbocycles. The van der Waals surface area contributed by atoms with Gasteiger partial charge in [-0.1, -0.05) is 48.3 Å². The van der Waals surface area contributed by atoms with Gasteiger partial charge in [-0.25, -0.2) is 0 Å². The van der Waals surface area contributed by atoms with Crippen LogP contribution in [0.5, 0.6) is 11.5 Å². The number of aromatic hydroxyl groups is 1. The van der Waals surface area contributed by atoms with Gasteiger partial charge in [-0.2, -0.15) is 0 Å². The molecule has 5 nitrogen and oxygen atoms in total. The molecule has 0 radical (unpaired) electrons. The second-order valence-electron chi connectivity index (χ2n) is 11.9. The van der Waals surface area contributed by atoms with Crippen LogP contribution in [0.2, 0.25) is 5.02 Å². The van der Waals surface area contributed by atoms with Crippen molar-refractivity contribution < 1.29 is 15.1 Å². The van der Waals surface area contributed by atoms with Crippen LogP contribution in [0.15, 0.2) is 41.6 Å². The standard InChI is InChI=1S/C31H39ClN2O3/c1-31-19-25(20-5-7-21(8-6-20)37-18-17-34-15-3-2-4-16-34)29-22-11-13-27(35)30(32)23(22)9-10-24(29)26(31)12-14-28(31)33-36/h5-8,11,13,24-26,29,35-36H,2-4,9-10,12,14-19H2,1H3/t24-,25+,26-,29+,31-/m0/s1. The van der Waals surface area contributed by atoms with E-state index in [1.54, 1.807) is 6.07 Å². The number of fused-ring (bicyclic) bond motifs is 5. The van der Waals surface area contributed by atoms with Crippen LogP contribution < -0.4 is 4.74 Å². The van der Waals surface area contributed by atoms with Gasteiger partial charge < -0.3 is 15.1 Å². The molecule has 6 rings (SSSR count). The summed E-state index contributed by atoms with van der Waals surface area (Å²) in [7, 11) is 0. The first-order valence-electron chi connectivity index (χ1n) is 14.2. The van der Waals surface area contributed by atoms with Gasteiger partial charge in [0.05, 0.1) is 10.7 Å². The minimum Gasteiger partial charge on any atom is -0.506 e. The molecule has 5 atom stereocenters. The van der Waals surface area contributed by atoms with Gasteiger partial charge in [0.15, 0.2) is 0 Å². The lowest BCUT2D eigenvalue weighted by molar-refractivity contribution is 0.0757. The molecule has 3 aliphatic carbocycles. The van der Waals surface area contributed by atoms with E-state index in [9.17, 15) is 10.3 Å². The average Bonchev–Trinajstić information content (AvgIpc) is 3.27. The average molecular weight is 523 g/mol. The van der Waals surface area contributed by atoms with Crippen LogP contribution >= 0.6 is 11.6 Å². The van der Waals surface area contributed by atoms with E-state index in [2.05, 4.69) is 47.3 Å². The number of likely N-dealkylation sites (tertiary alicyclic amines) is 1. The van der Waals surface area contributed by atoms with Gasteiger partial charge in [0, 0.05) is 12.0 Å². The molecule has 198 valence electrons. The molecule has 4 aliphatic rings. The van der Waals surface area contributed by atoms with Crippen molar-refractivity contribution in [2.45, 2.75) is 70.1 Å². The Balaban J connectivity index is 1.28. The predicted molar refractivity (Wildman–Crippen MR) is 147 cm³/mol. The van der Waals surface area contributed by atoms with E-state index < -0.39 is 0 Å². The van der Waals surface area contributed by atoms with E-state index >= 15 is 0 Å². The number of hydrogen-bond acceptors (Lipinski definition) is 5. The van der Waals surface area contributed by atoms with Gasteiger partial charge >= 0.3 is 0 Å². The van der Waals surface area contributed by atoms with Gasteiger partial charge in [-0.05, 0) is 117 Å². The molecule has 2 aromatic rings. The number of nitrogens with zero attached hydrogens (tertiary/aromatic N) is 2. The molecule has 37 heavy (non-hydrogen) atoms. The highest BCUT2D eigenvalue weighted by molar-refractivity contribution is 6.32. The summed E-state index contributed by atoms with van der Waals surface area (Å²) >= 11 is 6.62. The van der Waals surface area contributed by atoms with E-state index in [1.165, 1.54) is 43.5 Å². The maximum absolute atomic E-state index is 10.3. The van der Waals surface area contributed by atoms with Gasteiger partial charge in [0.25, 0.3) is 0 Å². The number of hydrogen-bond donors (Lipinski definition) is 2. The fraction of sp³-hybridized carbons (Fsp3) is 0.581. The lowest BCUT2D eigenvalue weighted by atomic mass is 9.51. The second kappa shape index (κ2) is 10.1. The molecule has 0 aromatic heterocycles. The molecule has 0 bridgehead atoms. The highest BCUT2D eigenvalue weighted by Gasteiger charge is 2.57. The topological polar surface area (TPSA) is 65.3 Å². The van der Waals surface area contributed by atoms with Crippen LogP contribution in [0.1, 0.15) is 80.4 Å². The van der Waals surface area contributed by atoms with Crippen molar-refractivity contribution in [2.24, 2.45) is 22.4 Å².